The fourth-order valence-corrected chi connectivity index (χ4v) is 1.66. The number of halogens is 1. The summed E-state index contributed by atoms with van der Waals surface area (Å²) >= 11 is 3.32. The molecule has 4 heteroatoms. The van der Waals surface area contributed by atoms with Crippen LogP contribution in [0.2, 0.25) is 0 Å². The predicted octanol–water partition coefficient (Wildman–Crippen LogP) is 3.20. The quantitative estimate of drug-likeness (QED) is 0.940. The van der Waals surface area contributed by atoms with E-state index in [0.29, 0.717) is 0 Å². The van der Waals surface area contributed by atoms with E-state index in [-0.39, 0.29) is 0 Å². The Bertz CT molecular complexity index is 420. The first-order chi connectivity index (χ1) is 8.24. The maximum absolute atomic E-state index is 4.23. The average Bonchev–Trinajstić information content (AvgIpc) is 2.34. The van der Waals surface area contributed by atoms with Crippen LogP contribution in [0.3, 0.4) is 0 Å². The van der Waals surface area contributed by atoms with E-state index < -0.39 is 0 Å². The molecule has 3 nitrogen and oxygen atoms in total. The van der Waals surface area contributed by atoms with Gasteiger partial charge in [-0.15, -0.1) is 0 Å². The molecule has 0 radical (unpaired) electrons. The van der Waals surface area contributed by atoms with Crippen molar-refractivity contribution >= 4 is 21.6 Å². The molecule has 0 aliphatic carbocycles. The van der Waals surface area contributed by atoms with Crippen molar-refractivity contribution in [3.63, 3.8) is 0 Å². The summed E-state index contributed by atoms with van der Waals surface area (Å²) in [6, 6.07) is 8.35. The van der Waals surface area contributed by atoms with Gasteiger partial charge >= 0.3 is 0 Å². The van der Waals surface area contributed by atoms with E-state index in [4.69, 9.17) is 0 Å². The molecular weight excluding hydrogens is 278 g/mol. The summed E-state index contributed by atoms with van der Waals surface area (Å²) in [6.07, 6.45) is 4.36. The molecule has 0 saturated heterocycles. The van der Waals surface area contributed by atoms with Gasteiger partial charge in [-0.2, -0.15) is 0 Å². The van der Waals surface area contributed by atoms with E-state index in [1.54, 1.807) is 12.4 Å². The Morgan fingerprint density at radius 3 is 2.41 bits per heavy atom. The minimum atomic E-state index is 0.821. The molecular formula is C13H14BrN3. The molecule has 2 rings (SSSR count). The standard InChI is InChI=1S/C13H14BrN3/c1-10-2-4-12(5-3-10)15-7-6-13-16-8-11(14)9-17-13/h2-5,8-9,15H,6-7H2,1H3. The van der Waals surface area contributed by atoms with Crippen molar-refractivity contribution in [3.8, 4) is 0 Å². The van der Waals surface area contributed by atoms with Gasteiger partial charge in [-0.1, -0.05) is 17.7 Å². The largest absolute Gasteiger partial charge is 0.385 e. The summed E-state index contributed by atoms with van der Waals surface area (Å²) in [6.45, 7) is 2.92. The van der Waals surface area contributed by atoms with Gasteiger partial charge in [0, 0.05) is 31.0 Å². The van der Waals surface area contributed by atoms with Gasteiger partial charge in [0.15, 0.2) is 0 Å². The maximum atomic E-state index is 4.23. The lowest BCUT2D eigenvalue weighted by Crippen LogP contribution is -2.07. The summed E-state index contributed by atoms with van der Waals surface area (Å²) < 4.78 is 0.910. The second kappa shape index (κ2) is 5.77. The number of hydrogen-bond donors (Lipinski definition) is 1. The molecule has 0 aliphatic rings. The molecule has 0 spiro atoms. The van der Waals surface area contributed by atoms with Gasteiger partial charge in [-0.25, -0.2) is 9.97 Å². The van der Waals surface area contributed by atoms with Crippen LogP contribution in [0.15, 0.2) is 41.1 Å². The summed E-state index contributed by atoms with van der Waals surface area (Å²) in [5.74, 6) is 0.854. The molecule has 0 fully saturated rings. The highest BCUT2D eigenvalue weighted by molar-refractivity contribution is 9.10. The molecule has 0 unspecified atom stereocenters. The SMILES string of the molecule is Cc1ccc(NCCc2ncc(Br)cn2)cc1. The number of rotatable bonds is 4. The van der Waals surface area contributed by atoms with E-state index in [9.17, 15) is 0 Å². The van der Waals surface area contributed by atoms with Crippen LogP contribution >= 0.6 is 15.9 Å². The normalized spacial score (nSPS) is 10.2. The Morgan fingerprint density at radius 1 is 1.12 bits per heavy atom. The lowest BCUT2D eigenvalue weighted by atomic mass is 10.2. The molecule has 0 amide bonds. The molecule has 1 aromatic heterocycles. The maximum Gasteiger partial charge on any atom is 0.130 e. The Kier molecular flexibility index (Phi) is 4.09. The fraction of sp³-hybridized carbons (Fsp3) is 0.231. The van der Waals surface area contributed by atoms with E-state index in [1.165, 1.54) is 5.56 Å². The van der Waals surface area contributed by atoms with Crippen molar-refractivity contribution in [2.24, 2.45) is 0 Å². The number of aryl methyl sites for hydroxylation is 1. The Balaban J connectivity index is 1.83. The second-order valence-electron chi connectivity index (χ2n) is 3.86. The minimum absolute atomic E-state index is 0.821. The topological polar surface area (TPSA) is 37.8 Å². The third-order valence-corrected chi connectivity index (χ3v) is 2.81. The highest BCUT2D eigenvalue weighted by atomic mass is 79.9. The molecule has 1 N–H and O–H groups in total. The lowest BCUT2D eigenvalue weighted by Gasteiger charge is -2.05. The van der Waals surface area contributed by atoms with Crippen molar-refractivity contribution in [2.45, 2.75) is 13.3 Å². The van der Waals surface area contributed by atoms with Crippen molar-refractivity contribution in [3.05, 3.63) is 52.5 Å². The summed E-state index contributed by atoms with van der Waals surface area (Å²) in [7, 11) is 0. The number of nitrogens with zero attached hydrogens (tertiary/aromatic N) is 2. The second-order valence-corrected chi connectivity index (χ2v) is 4.78. The smallest absolute Gasteiger partial charge is 0.130 e. The molecule has 17 heavy (non-hydrogen) atoms. The van der Waals surface area contributed by atoms with Gasteiger partial charge in [-0.3, -0.25) is 0 Å². The third kappa shape index (κ3) is 3.82. The molecule has 0 aliphatic heterocycles. The fourth-order valence-electron chi connectivity index (χ4n) is 1.46. The molecule has 0 atom stereocenters. The molecule has 1 aromatic carbocycles. The third-order valence-electron chi connectivity index (χ3n) is 2.40. The van der Waals surface area contributed by atoms with Crippen LogP contribution in [0.5, 0.6) is 0 Å². The lowest BCUT2D eigenvalue weighted by molar-refractivity contribution is 0.890. The van der Waals surface area contributed by atoms with Crippen LogP contribution in [0.25, 0.3) is 0 Å². The van der Waals surface area contributed by atoms with E-state index in [0.717, 1.165) is 29.0 Å². The van der Waals surface area contributed by atoms with Crippen LogP contribution in [0.4, 0.5) is 5.69 Å². The zero-order valence-electron chi connectivity index (χ0n) is 9.65. The highest BCUT2D eigenvalue weighted by Crippen LogP contribution is 2.09. The van der Waals surface area contributed by atoms with Crippen LogP contribution in [-0.4, -0.2) is 16.5 Å². The van der Waals surface area contributed by atoms with Crippen molar-refractivity contribution in [1.29, 1.82) is 0 Å². The Hall–Kier alpha value is -1.42. The van der Waals surface area contributed by atoms with Gasteiger partial charge in [0.2, 0.25) is 0 Å². The molecule has 1 heterocycles. The van der Waals surface area contributed by atoms with E-state index in [1.807, 2.05) is 0 Å². The molecule has 2 aromatic rings. The van der Waals surface area contributed by atoms with Gasteiger partial charge in [0.05, 0.1) is 4.47 Å². The van der Waals surface area contributed by atoms with Crippen molar-refractivity contribution < 1.29 is 0 Å². The zero-order valence-corrected chi connectivity index (χ0v) is 11.2. The van der Waals surface area contributed by atoms with Gasteiger partial charge in [0.1, 0.15) is 5.82 Å². The van der Waals surface area contributed by atoms with Crippen LogP contribution in [-0.2, 0) is 6.42 Å². The van der Waals surface area contributed by atoms with Crippen LogP contribution in [0, 0.1) is 6.92 Å². The minimum Gasteiger partial charge on any atom is -0.385 e. The van der Waals surface area contributed by atoms with Crippen LogP contribution in [0.1, 0.15) is 11.4 Å². The van der Waals surface area contributed by atoms with E-state index in [2.05, 4.69) is 62.4 Å². The molecule has 0 saturated carbocycles. The molecule has 0 bridgehead atoms. The zero-order chi connectivity index (χ0) is 12.1. The number of anilines is 1. The van der Waals surface area contributed by atoms with Gasteiger partial charge in [0.25, 0.3) is 0 Å². The summed E-state index contributed by atoms with van der Waals surface area (Å²) in [5, 5.41) is 3.34. The summed E-state index contributed by atoms with van der Waals surface area (Å²) in [4.78, 5) is 8.45. The number of hydrogen-bond acceptors (Lipinski definition) is 3. The van der Waals surface area contributed by atoms with Crippen LogP contribution < -0.4 is 5.32 Å². The number of benzene rings is 1. The Labute approximate surface area is 109 Å². The first-order valence-electron chi connectivity index (χ1n) is 5.51. The van der Waals surface area contributed by atoms with Crippen molar-refractivity contribution in [2.75, 3.05) is 11.9 Å². The predicted molar refractivity (Wildman–Crippen MR) is 73.1 cm³/mol. The van der Waals surface area contributed by atoms with E-state index >= 15 is 0 Å². The number of nitrogens with one attached hydrogen (secondary N) is 1. The van der Waals surface area contributed by atoms with Gasteiger partial charge < -0.3 is 5.32 Å². The van der Waals surface area contributed by atoms with Gasteiger partial charge in [-0.05, 0) is 35.0 Å². The first-order valence-corrected chi connectivity index (χ1v) is 6.30. The average molecular weight is 292 g/mol. The Morgan fingerprint density at radius 2 is 1.76 bits per heavy atom. The highest BCUT2D eigenvalue weighted by Gasteiger charge is 1.96. The number of aromatic nitrogens is 2. The summed E-state index contributed by atoms with van der Waals surface area (Å²) in [5.41, 5.74) is 2.40. The first kappa shape index (κ1) is 12.0. The molecule has 88 valence electrons. The monoisotopic (exact) mass is 291 g/mol. The van der Waals surface area contributed by atoms with Crippen molar-refractivity contribution in [1.82, 2.24) is 9.97 Å².